The van der Waals surface area contributed by atoms with Crippen molar-refractivity contribution >= 4 is 27.5 Å². The van der Waals surface area contributed by atoms with Crippen LogP contribution in [0.4, 0.5) is 13.2 Å². The molecule has 1 aliphatic heterocycles. The van der Waals surface area contributed by atoms with Crippen LogP contribution in [0, 0.1) is 0 Å². The summed E-state index contributed by atoms with van der Waals surface area (Å²) in [6.45, 7) is 1.39. The smallest absolute Gasteiger partial charge is 0.370 e. The van der Waals surface area contributed by atoms with Gasteiger partial charge in [0, 0.05) is 39.1 Å². The Morgan fingerprint density at radius 3 is 2.32 bits per heavy atom. The summed E-state index contributed by atoms with van der Waals surface area (Å²) in [6.07, 6.45) is -4.57. The second-order valence-corrected chi connectivity index (χ2v) is 7.95. The molecule has 0 bridgehead atoms. The Hall–Kier alpha value is -1.36. The summed E-state index contributed by atoms with van der Waals surface area (Å²) in [4.78, 5) is 12.2. The molecular formula is C14H17ClF3N3O3S. The Morgan fingerprint density at radius 2 is 1.80 bits per heavy atom. The highest BCUT2D eigenvalue weighted by Crippen LogP contribution is 2.36. The molecule has 1 aromatic carbocycles. The van der Waals surface area contributed by atoms with Gasteiger partial charge in [-0.05, 0) is 18.2 Å². The van der Waals surface area contributed by atoms with E-state index in [1.54, 1.807) is 0 Å². The van der Waals surface area contributed by atoms with Gasteiger partial charge in [-0.15, -0.1) is 0 Å². The number of carbonyl (C=O) groups is 1. The zero-order chi connectivity index (χ0) is 18.8. The normalized spacial score (nSPS) is 17.6. The van der Waals surface area contributed by atoms with E-state index in [1.165, 1.54) is 0 Å². The molecule has 11 heteroatoms. The van der Waals surface area contributed by atoms with Crippen LogP contribution in [0.2, 0.25) is 5.02 Å². The zero-order valence-corrected chi connectivity index (χ0v) is 14.7. The number of nitrogens with two attached hydrogens (primary N) is 1. The molecule has 0 radical (unpaired) electrons. The second-order valence-electron chi connectivity index (χ2n) is 5.60. The molecule has 0 spiro atoms. The molecule has 140 valence electrons. The van der Waals surface area contributed by atoms with Gasteiger partial charge in [0.05, 0.1) is 15.5 Å². The van der Waals surface area contributed by atoms with E-state index in [9.17, 15) is 26.4 Å². The summed E-state index contributed by atoms with van der Waals surface area (Å²) < 4.78 is 65.0. The van der Waals surface area contributed by atoms with E-state index in [0.717, 1.165) is 16.4 Å². The van der Waals surface area contributed by atoms with Gasteiger partial charge in [-0.1, -0.05) is 11.6 Å². The van der Waals surface area contributed by atoms with Crippen molar-refractivity contribution in [1.29, 1.82) is 0 Å². The zero-order valence-electron chi connectivity index (χ0n) is 13.1. The van der Waals surface area contributed by atoms with E-state index in [0.29, 0.717) is 25.7 Å². The van der Waals surface area contributed by atoms with Crippen molar-refractivity contribution in [2.75, 3.05) is 32.7 Å². The number of carbonyl (C=O) groups excluding carboxylic acids is 1. The summed E-state index contributed by atoms with van der Waals surface area (Å²) in [5, 5.41) is -0.553. The maximum atomic E-state index is 12.9. The third-order valence-corrected chi connectivity index (χ3v) is 6.11. The lowest BCUT2D eigenvalue weighted by Gasteiger charge is -2.33. The minimum absolute atomic E-state index is 0.116. The second kappa shape index (κ2) is 7.48. The van der Waals surface area contributed by atoms with Crippen LogP contribution < -0.4 is 5.73 Å². The molecule has 6 nitrogen and oxygen atoms in total. The average molecular weight is 400 g/mol. The van der Waals surface area contributed by atoms with Crippen LogP contribution in [-0.2, 0) is 21.0 Å². The van der Waals surface area contributed by atoms with Gasteiger partial charge < -0.3 is 10.6 Å². The number of rotatable bonds is 5. The molecule has 25 heavy (non-hydrogen) atoms. The molecule has 1 saturated heterocycles. The van der Waals surface area contributed by atoms with Crippen LogP contribution >= 0.6 is 11.6 Å². The fourth-order valence-electron chi connectivity index (χ4n) is 2.49. The molecule has 1 amide bonds. The van der Waals surface area contributed by atoms with Crippen LogP contribution in [0.5, 0.6) is 0 Å². The minimum atomic E-state index is -4.74. The first kappa shape index (κ1) is 20.0. The highest BCUT2D eigenvalue weighted by molar-refractivity contribution is 7.89. The number of halogens is 4. The Morgan fingerprint density at radius 1 is 1.20 bits per heavy atom. The number of hydrogen-bond acceptors (Lipinski definition) is 4. The number of primary amides is 1. The molecule has 1 heterocycles. The monoisotopic (exact) mass is 399 g/mol. The molecule has 1 aliphatic rings. The van der Waals surface area contributed by atoms with Crippen molar-refractivity contribution in [3.8, 4) is 0 Å². The van der Waals surface area contributed by atoms with Crippen molar-refractivity contribution in [3.05, 3.63) is 28.8 Å². The third-order valence-electron chi connectivity index (χ3n) is 3.89. The fourth-order valence-corrected chi connectivity index (χ4v) is 4.17. The Balaban J connectivity index is 2.14. The van der Waals surface area contributed by atoms with Crippen LogP contribution in [0.1, 0.15) is 12.0 Å². The number of piperazine rings is 1. The van der Waals surface area contributed by atoms with Gasteiger partial charge in [0.1, 0.15) is 0 Å². The summed E-state index contributed by atoms with van der Waals surface area (Å²) in [5.41, 5.74) is 3.88. The first-order chi connectivity index (χ1) is 11.5. The molecule has 1 fully saturated rings. The standard InChI is InChI=1S/C14H17ClF3N3O3S/c15-12-2-1-10(9-11(12)14(16,17)18)25(23,24)21-7-5-20(6-8-21)4-3-13(19)22/h1-2,9H,3-8H2,(H2,19,22). The summed E-state index contributed by atoms with van der Waals surface area (Å²) >= 11 is 5.52. The van der Waals surface area contributed by atoms with Crippen LogP contribution in [0.25, 0.3) is 0 Å². The largest absolute Gasteiger partial charge is 0.417 e. The Labute approximate surface area is 148 Å². The topological polar surface area (TPSA) is 83.7 Å². The number of amides is 1. The number of alkyl halides is 3. The number of hydrogen-bond donors (Lipinski definition) is 1. The fraction of sp³-hybridized carbons (Fsp3) is 0.500. The maximum absolute atomic E-state index is 12.9. The molecule has 1 aromatic rings. The maximum Gasteiger partial charge on any atom is 0.417 e. The summed E-state index contributed by atoms with van der Waals surface area (Å²) in [6, 6.07) is 2.55. The van der Waals surface area contributed by atoms with E-state index in [1.807, 2.05) is 4.90 Å². The third kappa shape index (κ3) is 4.84. The van der Waals surface area contributed by atoms with E-state index in [-0.39, 0.29) is 19.5 Å². The Bertz CT molecular complexity index is 747. The van der Waals surface area contributed by atoms with Gasteiger partial charge >= 0.3 is 6.18 Å². The lowest BCUT2D eigenvalue weighted by atomic mass is 10.2. The van der Waals surface area contributed by atoms with E-state index >= 15 is 0 Å². The SMILES string of the molecule is NC(=O)CCN1CCN(S(=O)(=O)c2ccc(Cl)c(C(F)(F)F)c2)CC1. The quantitative estimate of drug-likeness (QED) is 0.814. The molecule has 0 saturated carbocycles. The van der Waals surface area contributed by atoms with Crippen molar-refractivity contribution in [3.63, 3.8) is 0 Å². The molecule has 0 aromatic heterocycles. The van der Waals surface area contributed by atoms with Gasteiger partial charge in [-0.25, -0.2) is 8.42 Å². The van der Waals surface area contributed by atoms with Gasteiger partial charge in [0.2, 0.25) is 15.9 Å². The number of nitrogens with zero attached hydrogens (tertiary/aromatic N) is 2. The predicted octanol–water partition coefficient (Wildman–Crippen LogP) is 1.54. The highest BCUT2D eigenvalue weighted by atomic mass is 35.5. The highest BCUT2D eigenvalue weighted by Gasteiger charge is 2.36. The van der Waals surface area contributed by atoms with Crippen LogP contribution in [-0.4, -0.2) is 56.3 Å². The first-order valence-corrected chi connectivity index (χ1v) is 9.21. The molecule has 2 rings (SSSR count). The van der Waals surface area contributed by atoms with Gasteiger partial charge in [0.25, 0.3) is 0 Å². The molecular weight excluding hydrogens is 383 g/mol. The Kier molecular flexibility index (Phi) is 5.97. The number of sulfonamides is 1. The molecule has 0 atom stereocenters. The lowest BCUT2D eigenvalue weighted by molar-refractivity contribution is -0.137. The van der Waals surface area contributed by atoms with E-state index < -0.39 is 37.6 Å². The average Bonchev–Trinajstić information content (AvgIpc) is 2.52. The number of benzene rings is 1. The van der Waals surface area contributed by atoms with Gasteiger partial charge in [0.15, 0.2) is 0 Å². The summed E-state index contributed by atoms with van der Waals surface area (Å²) in [7, 11) is -4.06. The molecule has 0 unspecified atom stereocenters. The van der Waals surface area contributed by atoms with E-state index in [2.05, 4.69) is 0 Å². The summed E-state index contributed by atoms with van der Waals surface area (Å²) in [5.74, 6) is -0.448. The molecule has 0 aliphatic carbocycles. The predicted molar refractivity (Wildman–Crippen MR) is 85.5 cm³/mol. The van der Waals surface area contributed by atoms with Gasteiger partial charge in [-0.2, -0.15) is 17.5 Å². The van der Waals surface area contributed by atoms with Gasteiger partial charge in [-0.3, -0.25) is 4.79 Å². The first-order valence-electron chi connectivity index (χ1n) is 7.39. The van der Waals surface area contributed by atoms with Crippen LogP contribution in [0.3, 0.4) is 0 Å². The van der Waals surface area contributed by atoms with Crippen molar-refractivity contribution in [1.82, 2.24) is 9.21 Å². The van der Waals surface area contributed by atoms with Crippen molar-refractivity contribution in [2.24, 2.45) is 5.73 Å². The minimum Gasteiger partial charge on any atom is -0.370 e. The molecule has 2 N–H and O–H groups in total. The van der Waals surface area contributed by atoms with Crippen molar-refractivity contribution in [2.45, 2.75) is 17.5 Å². The van der Waals surface area contributed by atoms with E-state index in [4.69, 9.17) is 17.3 Å². The van der Waals surface area contributed by atoms with Crippen molar-refractivity contribution < 1.29 is 26.4 Å². The van der Waals surface area contributed by atoms with Crippen LogP contribution in [0.15, 0.2) is 23.1 Å². The lowest BCUT2D eigenvalue weighted by Crippen LogP contribution is -2.49.